The van der Waals surface area contributed by atoms with Crippen molar-refractivity contribution in [2.24, 2.45) is 11.8 Å². The molecule has 0 bridgehead atoms. The summed E-state index contributed by atoms with van der Waals surface area (Å²) < 4.78 is 9.10. The maximum atomic E-state index is 12.2. The van der Waals surface area contributed by atoms with Gasteiger partial charge in [0, 0.05) is 0 Å². The first-order valence-electron chi connectivity index (χ1n) is 7.43. The van der Waals surface area contributed by atoms with Gasteiger partial charge in [0.25, 0.3) is 5.91 Å². The highest BCUT2D eigenvalue weighted by Crippen LogP contribution is 2.34. The molecule has 0 saturated carbocycles. The van der Waals surface area contributed by atoms with Gasteiger partial charge < -0.3 is 9.47 Å². The highest BCUT2D eigenvalue weighted by molar-refractivity contribution is 6.07. The molecule has 3 atom stereocenters. The summed E-state index contributed by atoms with van der Waals surface area (Å²) in [6.07, 6.45) is 2.37. The molecule has 1 heterocycles. The maximum absolute atomic E-state index is 12.2. The lowest BCUT2D eigenvalue weighted by molar-refractivity contribution is -0.159. The monoisotopic (exact) mass is 338 g/mol. The number of imide groups is 2. The van der Waals surface area contributed by atoms with E-state index in [1.54, 1.807) is 0 Å². The van der Waals surface area contributed by atoms with Gasteiger partial charge in [-0.1, -0.05) is 12.2 Å². The second-order valence-corrected chi connectivity index (χ2v) is 5.53. The van der Waals surface area contributed by atoms with Crippen LogP contribution in [0.3, 0.4) is 0 Å². The number of methoxy groups -OCH3 is 1. The van der Waals surface area contributed by atoms with Crippen LogP contribution in [0, 0.1) is 11.8 Å². The minimum atomic E-state index is -1.27. The van der Waals surface area contributed by atoms with Crippen LogP contribution in [0.4, 0.5) is 4.79 Å². The molecule has 130 valence electrons. The van der Waals surface area contributed by atoms with Gasteiger partial charge in [-0.3, -0.25) is 29.4 Å². The molecule has 0 aromatic rings. The molecular formula is C15H18N2O7. The Bertz CT molecular complexity index is 587. The van der Waals surface area contributed by atoms with Crippen molar-refractivity contribution in [2.45, 2.75) is 25.9 Å². The Morgan fingerprint density at radius 1 is 1.21 bits per heavy atom. The van der Waals surface area contributed by atoms with E-state index in [0.717, 1.165) is 12.0 Å². The molecule has 2 aliphatic rings. The standard InChI is InChI=1S/C15H18N2O7/c1-8(12(19)16-15(22)23-2)24-11(18)7-17-13(20)9-5-3-4-6-10(9)14(17)21/h3-4,8-10H,5-7H2,1-2H3,(H,16,19,22)/t8-,9+,10+/m1/s1. The zero-order valence-corrected chi connectivity index (χ0v) is 13.3. The third-order valence-corrected chi connectivity index (χ3v) is 3.97. The van der Waals surface area contributed by atoms with Crippen LogP contribution in [0.15, 0.2) is 12.2 Å². The van der Waals surface area contributed by atoms with E-state index < -0.39 is 54.3 Å². The Labute approximate surface area is 137 Å². The fraction of sp³-hybridized carbons (Fsp3) is 0.533. The zero-order chi connectivity index (χ0) is 17.9. The number of nitrogens with zero attached hydrogens (tertiary/aromatic N) is 1. The summed E-state index contributed by atoms with van der Waals surface area (Å²) in [5.41, 5.74) is 0. The van der Waals surface area contributed by atoms with Crippen molar-refractivity contribution in [2.75, 3.05) is 13.7 Å². The molecular weight excluding hydrogens is 320 g/mol. The van der Waals surface area contributed by atoms with E-state index in [-0.39, 0.29) is 0 Å². The molecule has 9 heteroatoms. The van der Waals surface area contributed by atoms with Crippen molar-refractivity contribution in [3.8, 4) is 0 Å². The number of carbonyl (C=O) groups excluding carboxylic acids is 5. The highest BCUT2D eigenvalue weighted by Gasteiger charge is 2.47. The van der Waals surface area contributed by atoms with Gasteiger partial charge in [0.15, 0.2) is 6.10 Å². The predicted octanol–water partition coefficient (Wildman–Crippen LogP) is -0.248. The Balaban J connectivity index is 1.90. The van der Waals surface area contributed by atoms with Crippen molar-refractivity contribution in [1.82, 2.24) is 10.2 Å². The fourth-order valence-corrected chi connectivity index (χ4v) is 2.70. The number of hydrogen-bond acceptors (Lipinski definition) is 7. The topological polar surface area (TPSA) is 119 Å². The number of carbonyl (C=O) groups is 5. The highest BCUT2D eigenvalue weighted by atomic mass is 16.6. The summed E-state index contributed by atoms with van der Waals surface area (Å²) >= 11 is 0. The molecule has 4 amide bonds. The van der Waals surface area contributed by atoms with Crippen LogP contribution >= 0.6 is 0 Å². The number of fused-ring (bicyclic) bond motifs is 1. The van der Waals surface area contributed by atoms with Gasteiger partial charge in [-0.25, -0.2) is 4.79 Å². The number of rotatable bonds is 4. The van der Waals surface area contributed by atoms with Crippen molar-refractivity contribution in [1.29, 1.82) is 0 Å². The normalized spacial score (nSPS) is 23.5. The molecule has 1 aliphatic heterocycles. The number of alkyl carbamates (subject to hydrolysis) is 1. The number of likely N-dealkylation sites (tertiary alicyclic amines) is 1. The molecule has 0 radical (unpaired) electrons. The minimum absolute atomic E-state index is 0.405. The summed E-state index contributed by atoms with van der Waals surface area (Å²) in [6, 6.07) is 0. The largest absolute Gasteiger partial charge is 0.453 e. The van der Waals surface area contributed by atoms with Crippen LogP contribution in [0.5, 0.6) is 0 Å². The SMILES string of the molecule is COC(=O)NC(=O)[C@@H](C)OC(=O)CN1C(=O)[C@H]2CC=CC[C@@H]2C1=O. The predicted molar refractivity (Wildman–Crippen MR) is 78.2 cm³/mol. The number of allylic oxidation sites excluding steroid dienone is 2. The average Bonchev–Trinajstić information content (AvgIpc) is 2.80. The van der Waals surface area contributed by atoms with Gasteiger partial charge in [-0.05, 0) is 19.8 Å². The van der Waals surface area contributed by atoms with Crippen molar-refractivity contribution in [3.63, 3.8) is 0 Å². The molecule has 9 nitrogen and oxygen atoms in total. The summed E-state index contributed by atoms with van der Waals surface area (Å²) in [5.74, 6) is -3.45. The van der Waals surface area contributed by atoms with Crippen LogP contribution in [-0.2, 0) is 28.7 Å². The third kappa shape index (κ3) is 3.61. The lowest BCUT2D eigenvalue weighted by Crippen LogP contribution is -2.42. The van der Waals surface area contributed by atoms with E-state index in [2.05, 4.69) is 4.74 Å². The first-order chi connectivity index (χ1) is 11.3. The van der Waals surface area contributed by atoms with Crippen molar-refractivity contribution < 1.29 is 33.4 Å². The molecule has 1 saturated heterocycles. The van der Waals surface area contributed by atoms with Crippen LogP contribution in [0.1, 0.15) is 19.8 Å². The molecule has 0 aromatic heterocycles. The minimum Gasteiger partial charge on any atom is -0.453 e. The summed E-state index contributed by atoms with van der Waals surface area (Å²) in [4.78, 5) is 59.7. The molecule has 2 rings (SSSR count). The van der Waals surface area contributed by atoms with E-state index >= 15 is 0 Å². The first kappa shape index (κ1) is 17.6. The Kier molecular flexibility index (Phi) is 5.32. The van der Waals surface area contributed by atoms with E-state index in [1.165, 1.54) is 6.92 Å². The molecule has 0 unspecified atom stereocenters. The molecule has 1 N–H and O–H groups in total. The quantitative estimate of drug-likeness (QED) is 0.426. The maximum Gasteiger partial charge on any atom is 0.413 e. The van der Waals surface area contributed by atoms with E-state index in [9.17, 15) is 24.0 Å². The summed E-state index contributed by atoms with van der Waals surface area (Å²) in [7, 11) is 1.08. The number of esters is 1. The number of hydrogen-bond donors (Lipinski definition) is 1. The lowest BCUT2D eigenvalue weighted by atomic mass is 9.85. The third-order valence-electron chi connectivity index (χ3n) is 3.97. The second-order valence-electron chi connectivity index (χ2n) is 5.53. The van der Waals surface area contributed by atoms with Gasteiger partial charge in [0.1, 0.15) is 6.54 Å². The molecule has 1 fully saturated rings. The Morgan fingerprint density at radius 3 is 2.25 bits per heavy atom. The van der Waals surface area contributed by atoms with Gasteiger partial charge >= 0.3 is 12.1 Å². The van der Waals surface area contributed by atoms with Crippen molar-refractivity contribution >= 4 is 29.8 Å². The molecule has 0 aromatic carbocycles. The van der Waals surface area contributed by atoms with Crippen LogP contribution in [0.2, 0.25) is 0 Å². The molecule has 1 aliphatic carbocycles. The summed E-state index contributed by atoms with van der Waals surface area (Å²) in [5, 5.41) is 1.85. The van der Waals surface area contributed by atoms with Crippen LogP contribution < -0.4 is 5.32 Å². The van der Waals surface area contributed by atoms with Gasteiger partial charge in [-0.15, -0.1) is 0 Å². The smallest absolute Gasteiger partial charge is 0.413 e. The second kappa shape index (κ2) is 7.24. The number of ether oxygens (including phenoxy) is 2. The zero-order valence-electron chi connectivity index (χ0n) is 13.3. The van der Waals surface area contributed by atoms with E-state index in [0.29, 0.717) is 12.8 Å². The van der Waals surface area contributed by atoms with E-state index in [4.69, 9.17) is 4.74 Å². The molecule has 0 spiro atoms. The first-order valence-corrected chi connectivity index (χ1v) is 7.43. The Morgan fingerprint density at radius 2 is 1.75 bits per heavy atom. The van der Waals surface area contributed by atoms with Crippen LogP contribution in [0.25, 0.3) is 0 Å². The Hall–Kier alpha value is -2.71. The van der Waals surface area contributed by atoms with E-state index in [1.807, 2.05) is 17.5 Å². The summed E-state index contributed by atoms with van der Waals surface area (Å²) in [6.45, 7) is 0.702. The van der Waals surface area contributed by atoms with Gasteiger partial charge in [0.05, 0.1) is 18.9 Å². The molecule has 24 heavy (non-hydrogen) atoms. The number of nitrogens with one attached hydrogen (secondary N) is 1. The number of amides is 4. The fourth-order valence-electron chi connectivity index (χ4n) is 2.70. The lowest BCUT2D eigenvalue weighted by Gasteiger charge is -2.16. The average molecular weight is 338 g/mol. The van der Waals surface area contributed by atoms with Crippen LogP contribution in [-0.4, -0.2) is 54.4 Å². The van der Waals surface area contributed by atoms with Gasteiger partial charge in [-0.2, -0.15) is 0 Å². The van der Waals surface area contributed by atoms with Gasteiger partial charge in [0.2, 0.25) is 11.8 Å². The van der Waals surface area contributed by atoms with Crippen molar-refractivity contribution in [3.05, 3.63) is 12.2 Å².